The second-order valence-corrected chi connectivity index (χ2v) is 6.74. The number of imidazole rings is 1. The van der Waals surface area contributed by atoms with Gasteiger partial charge in [-0.3, -0.25) is 0 Å². The molecule has 118 valence electrons. The molecule has 21 heavy (non-hydrogen) atoms. The molecule has 1 aromatic heterocycles. The number of hydrogen-bond donors (Lipinski definition) is 1. The van der Waals surface area contributed by atoms with Crippen LogP contribution in [-0.4, -0.2) is 34.3 Å². The molecule has 0 radical (unpaired) electrons. The number of ether oxygens (including phenoxy) is 1. The molecule has 1 aliphatic heterocycles. The Hall–Kier alpha value is -0.870. The van der Waals surface area contributed by atoms with Crippen molar-refractivity contribution >= 4 is 0 Å². The van der Waals surface area contributed by atoms with E-state index in [1.807, 2.05) is 18.7 Å². The van der Waals surface area contributed by atoms with Gasteiger partial charge < -0.3 is 14.6 Å². The van der Waals surface area contributed by atoms with Crippen LogP contribution in [0.25, 0.3) is 0 Å². The van der Waals surface area contributed by atoms with Crippen LogP contribution in [0.5, 0.6) is 0 Å². The third-order valence-corrected chi connectivity index (χ3v) is 5.09. The summed E-state index contributed by atoms with van der Waals surface area (Å²) >= 11 is 0. The van der Waals surface area contributed by atoms with E-state index < -0.39 is 0 Å². The fourth-order valence-corrected chi connectivity index (χ4v) is 3.89. The normalized spacial score (nSPS) is 25.2. The first-order chi connectivity index (χ1) is 10.4. The van der Waals surface area contributed by atoms with Crippen molar-refractivity contribution < 1.29 is 4.74 Å². The van der Waals surface area contributed by atoms with Crippen LogP contribution in [-0.2, 0) is 11.3 Å². The zero-order chi connectivity index (χ0) is 14.4. The van der Waals surface area contributed by atoms with Gasteiger partial charge >= 0.3 is 0 Å². The largest absolute Gasteiger partial charge is 0.375 e. The standard InChI is InChI=1S/C17H29N3O/c1-2-7-17(8-3-1)14-16(6-13-21-17)19-9-4-5-11-20-12-10-18-15-20/h10,12,15-16,19H,1-9,11,13-14H2. The van der Waals surface area contributed by atoms with Gasteiger partial charge in [0, 0.05) is 31.6 Å². The van der Waals surface area contributed by atoms with Gasteiger partial charge in [0.25, 0.3) is 0 Å². The maximum Gasteiger partial charge on any atom is 0.0945 e. The predicted octanol–water partition coefficient (Wildman–Crippen LogP) is 3.13. The lowest BCUT2D eigenvalue weighted by Crippen LogP contribution is -2.48. The van der Waals surface area contributed by atoms with Gasteiger partial charge in [-0.05, 0) is 45.1 Å². The monoisotopic (exact) mass is 291 g/mol. The summed E-state index contributed by atoms with van der Waals surface area (Å²) in [4.78, 5) is 4.08. The van der Waals surface area contributed by atoms with Gasteiger partial charge in [0.15, 0.2) is 0 Å². The van der Waals surface area contributed by atoms with Gasteiger partial charge in [-0.1, -0.05) is 19.3 Å². The van der Waals surface area contributed by atoms with Gasteiger partial charge in [-0.25, -0.2) is 4.98 Å². The average Bonchev–Trinajstić information content (AvgIpc) is 3.01. The van der Waals surface area contributed by atoms with Crippen LogP contribution in [0.2, 0.25) is 0 Å². The van der Waals surface area contributed by atoms with Crippen LogP contribution in [0.1, 0.15) is 57.8 Å². The van der Waals surface area contributed by atoms with Crippen molar-refractivity contribution in [3.8, 4) is 0 Å². The lowest BCUT2D eigenvalue weighted by atomic mass is 9.78. The van der Waals surface area contributed by atoms with Gasteiger partial charge in [0.1, 0.15) is 0 Å². The SMILES string of the molecule is c1cn(CCCCNC2CCOC3(CCCCC3)C2)cn1. The van der Waals surface area contributed by atoms with E-state index in [4.69, 9.17) is 4.74 Å². The minimum Gasteiger partial charge on any atom is -0.375 e. The highest BCUT2D eigenvalue weighted by Crippen LogP contribution is 2.38. The van der Waals surface area contributed by atoms with E-state index in [1.54, 1.807) is 0 Å². The van der Waals surface area contributed by atoms with E-state index in [0.29, 0.717) is 6.04 Å². The maximum atomic E-state index is 6.16. The molecule has 4 heteroatoms. The number of aryl methyl sites for hydroxylation is 1. The first-order valence-corrected chi connectivity index (χ1v) is 8.69. The molecule has 1 aromatic rings. The Labute approximate surface area is 128 Å². The second kappa shape index (κ2) is 7.41. The predicted molar refractivity (Wildman–Crippen MR) is 84.3 cm³/mol. The summed E-state index contributed by atoms with van der Waals surface area (Å²) in [6.45, 7) is 3.17. The molecule has 1 unspecified atom stereocenters. The average molecular weight is 291 g/mol. The minimum absolute atomic E-state index is 0.227. The molecule has 1 saturated heterocycles. The molecule has 4 nitrogen and oxygen atoms in total. The summed E-state index contributed by atoms with van der Waals surface area (Å²) in [5, 5.41) is 3.77. The molecule has 3 rings (SSSR count). The van der Waals surface area contributed by atoms with Crippen LogP contribution >= 0.6 is 0 Å². The molecule has 0 amide bonds. The zero-order valence-electron chi connectivity index (χ0n) is 13.1. The van der Waals surface area contributed by atoms with Crippen LogP contribution in [0.4, 0.5) is 0 Å². The summed E-state index contributed by atoms with van der Waals surface area (Å²) < 4.78 is 8.32. The Bertz CT molecular complexity index is 393. The smallest absolute Gasteiger partial charge is 0.0945 e. The summed E-state index contributed by atoms with van der Waals surface area (Å²) in [6.07, 6.45) is 17.4. The Morgan fingerprint density at radius 2 is 2.14 bits per heavy atom. The number of unbranched alkanes of at least 4 members (excludes halogenated alkanes) is 1. The second-order valence-electron chi connectivity index (χ2n) is 6.74. The van der Waals surface area contributed by atoms with Crippen molar-refractivity contribution in [2.24, 2.45) is 0 Å². The van der Waals surface area contributed by atoms with Crippen molar-refractivity contribution in [2.75, 3.05) is 13.2 Å². The topological polar surface area (TPSA) is 39.1 Å². The molecule has 2 aliphatic rings. The van der Waals surface area contributed by atoms with Crippen molar-refractivity contribution in [3.63, 3.8) is 0 Å². The van der Waals surface area contributed by atoms with E-state index in [2.05, 4.69) is 14.9 Å². The Morgan fingerprint density at radius 1 is 1.24 bits per heavy atom. The quantitative estimate of drug-likeness (QED) is 0.818. The Morgan fingerprint density at radius 3 is 2.95 bits per heavy atom. The molecular formula is C17H29N3O. The first kappa shape index (κ1) is 15.0. The van der Waals surface area contributed by atoms with E-state index in [0.717, 1.165) is 19.7 Å². The first-order valence-electron chi connectivity index (χ1n) is 8.69. The molecular weight excluding hydrogens is 262 g/mol. The highest BCUT2D eigenvalue weighted by molar-refractivity contribution is 4.92. The molecule has 1 spiro atoms. The lowest BCUT2D eigenvalue weighted by Gasteiger charge is -2.43. The highest BCUT2D eigenvalue weighted by atomic mass is 16.5. The number of rotatable bonds is 6. The minimum atomic E-state index is 0.227. The molecule has 1 atom stereocenters. The highest BCUT2D eigenvalue weighted by Gasteiger charge is 2.38. The summed E-state index contributed by atoms with van der Waals surface area (Å²) in [6, 6.07) is 0.671. The zero-order valence-corrected chi connectivity index (χ0v) is 13.1. The molecule has 2 fully saturated rings. The van der Waals surface area contributed by atoms with Crippen LogP contribution in [0.3, 0.4) is 0 Å². The van der Waals surface area contributed by atoms with E-state index in [-0.39, 0.29) is 5.60 Å². The van der Waals surface area contributed by atoms with Crippen molar-refractivity contribution in [1.29, 1.82) is 0 Å². The molecule has 0 bridgehead atoms. The van der Waals surface area contributed by atoms with Crippen LogP contribution in [0, 0.1) is 0 Å². The van der Waals surface area contributed by atoms with E-state index >= 15 is 0 Å². The Balaban J connectivity index is 1.33. The van der Waals surface area contributed by atoms with E-state index in [9.17, 15) is 0 Å². The summed E-state index contributed by atoms with van der Waals surface area (Å²) in [7, 11) is 0. The summed E-state index contributed by atoms with van der Waals surface area (Å²) in [5.41, 5.74) is 0.227. The summed E-state index contributed by atoms with van der Waals surface area (Å²) in [5.74, 6) is 0. The molecule has 1 saturated carbocycles. The number of hydrogen-bond acceptors (Lipinski definition) is 3. The third-order valence-electron chi connectivity index (χ3n) is 5.09. The number of nitrogens with zero attached hydrogens (tertiary/aromatic N) is 2. The van der Waals surface area contributed by atoms with Gasteiger partial charge in [0.05, 0.1) is 11.9 Å². The molecule has 1 N–H and O–H groups in total. The molecule has 1 aliphatic carbocycles. The lowest BCUT2D eigenvalue weighted by molar-refractivity contribution is -0.109. The molecule has 2 heterocycles. The van der Waals surface area contributed by atoms with Crippen LogP contribution < -0.4 is 5.32 Å². The molecule has 0 aromatic carbocycles. The number of nitrogens with one attached hydrogen (secondary N) is 1. The van der Waals surface area contributed by atoms with Gasteiger partial charge in [0.2, 0.25) is 0 Å². The maximum absolute atomic E-state index is 6.16. The fraction of sp³-hybridized carbons (Fsp3) is 0.824. The van der Waals surface area contributed by atoms with Crippen molar-refractivity contribution in [2.45, 2.75) is 76.0 Å². The van der Waals surface area contributed by atoms with Crippen molar-refractivity contribution in [3.05, 3.63) is 18.7 Å². The van der Waals surface area contributed by atoms with E-state index in [1.165, 1.54) is 57.8 Å². The van der Waals surface area contributed by atoms with Crippen LogP contribution in [0.15, 0.2) is 18.7 Å². The van der Waals surface area contributed by atoms with Gasteiger partial charge in [-0.2, -0.15) is 0 Å². The van der Waals surface area contributed by atoms with Gasteiger partial charge in [-0.15, -0.1) is 0 Å². The Kier molecular flexibility index (Phi) is 5.31. The third kappa shape index (κ3) is 4.30. The number of aromatic nitrogens is 2. The van der Waals surface area contributed by atoms with Crippen molar-refractivity contribution in [1.82, 2.24) is 14.9 Å². The fourth-order valence-electron chi connectivity index (χ4n) is 3.89.